The van der Waals surface area contributed by atoms with Crippen LogP contribution in [0.5, 0.6) is 0 Å². The Kier molecular flexibility index (Phi) is 8.01. The maximum atomic E-state index is 2.50. The van der Waals surface area contributed by atoms with Crippen LogP contribution in [0.2, 0.25) is 0 Å². The fraction of sp³-hybridized carbons (Fsp3) is 0.0189. The highest BCUT2D eigenvalue weighted by Gasteiger charge is 2.19. The average molecular weight is 750 g/mol. The second-order valence-corrected chi connectivity index (χ2v) is 16.6. The van der Waals surface area contributed by atoms with Crippen molar-refractivity contribution >= 4 is 85.2 Å². The molecule has 264 valence electrons. The molecule has 0 bridgehead atoms. The van der Waals surface area contributed by atoms with Gasteiger partial charge in [-0.1, -0.05) is 158 Å². The molecule has 0 aliphatic heterocycles. The molecular weight excluding hydrogens is 715 g/mol. The Labute approximate surface area is 334 Å². The Balaban J connectivity index is 1.07. The first-order chi connectivity index (χ1) is 27.7. The van der Waals surface area contributed by atoms with Crippen LogP contribution in [0.3, 0.4) is 0 Å². The quantitative estimate of drug-likeness (QED) is 0.157. The molecule has 0 radical (unpaired) electrons. The number of rotatable bonds is 7. The number of hydrogen-bond donors (Lipinski definition) is 0. The van der Waals surface area contributed by atoms with Gasteiger partial charge >= 0.3 is 0 Å². The second-order valence-electron chi connectivity index (χ2n) is 14.5. The number of thiophene rings is 2. The van der Waals surface area contributed by atoms with Gasteiger partial charge in [-0.2, -0.15) is 0 Å². The SMILES string of the molecule is c1cc(-c2ccc3ccccc3c2)cc(N(Cc2ccccc2-c2cccc3c2sc2ccccc23)c2cccc(-c3cccc4c3sc3ccccc34)c2)c1. The summed E-state index contributed by atoms with van der Waals surface area (Å²) < 4.78 is 5.32. The number of nitrogens with zero attached hydrogens (tertiary/aromatic N) is 1. The highest BCUT2D eigenvalue weighted by Crippen LogP contribution is 2.44. The Morgan fingerprint density at radius 1 is 0.339 bits per heavy atom. The fourth-order valence-corrected chi connectivity index (χ4v) is 10.9. The lowest BCUT2D eigenvalue weighted by Crippen LogP contribution is -2.17. The van der Waals surface area contributed by atoms with Gasteiger partial charge in [0.15, 0.2) is 0 Å². The Morgan fingerprint density at radius 3 is 1.61 bits per heavy atom. The molecule has 0 fully saturated rings. The third-order valence-corrected chi connectivity index (χ3v) is 13.6. The summed E-state index contributed by atoms with van der Waals surface area (Å²) in [6, 6.07) is 73.7. The molecule has 0 aliphatic carbocycles. The second kappa shape index (κ2) is 13.6. The molecule has 0 atom stereocenters. The van der Waals surface area contributed by atoms with Crippen molar-refractivity contribution in [1.82, 2.24) is 0 Å². The zero-order valence-corrected chi connectivity index (χ0v) is 32.2. The van der Waals surface area contributed by atoms with Gasteiger partial charge in [-0.15, -0.1) is 22.7 Å². The maximum absolute atomic E-state index is 2.50. The molecule has 11 aromatic rings. The minimum atomic E-state index is 0.704. The topological polar surface area (TPSA) is 3.24 Å². The van der Waals surface area contributed by atoms with Crippen LogP contribution < -0.4 is 4.90 Å². The van der Waals surface area contributed by atoms with E-state index in [2.05, 4.69) is 205 Å². The maximum Gasteiger partial charge on any atom is 0.0487 e. The normalized spacial score (nSPS) is 11.6. The fourth-order valence-electron chi connectivity index (χ4n) is 8.42. The third-order valence-electron chi connectivity index (χ3n) is 11.2. The standard InChI is InChI=1S/C53H35NS2/c1-2-14-36-31-38(30-29-35(36)13-1)37-16-9-18-41(32-37)54(42-19-10-17-39(33-42)44-23-11-25-48-45-21-5-7-27-50(45)55-52(44)48)34-40-15-3-4-20-43(40)47-24-12-26-49-46-22-6-8-28-51(46)56-53(47)49/h1-33H,34H2. The van der Waals surface area contributed by atoms with Gasteiger partial charge in [0, 0.05) is 58.3 Å². The zero-order chi connectivity index (χ0) is 37.0. The van der Waals surface area contributed by atoms with Crippen LogP contribution in [0.25, 0.3) is 84.5 Å². The van der Waals surface area contributed by atoms with E-state index in [-0.39, 0.29) is 0 Å². The van der Waals surface area contributed by atoms with Crippen molar-refractivity contribution in [1.29, 1.82) is 0 Å². The highest BCUT2D eigenvalue weighted by molar-refractivity contribution is 7.26. The molecule has 2 heterocycles. The molecule has 9 aromatic carbocycles. The lowest BCUT2D eigenvalue weighted by Gasteiger charge is -2.28. The van der Waals surface area contributed by atoms with Crippen LogP contribution in [0.15, 0.2) is 200 Å². The molecule has 0 amide bonds. The summed E-state index contributed by atoms with van der Waals surface area (Å²) in [6.07, 6.45) is 0. The Bertz CT molecular complexity index is 3260. The molecule has 3 heteroatoms. The van der Waals surface area contributed by atoms with Gasteiger partial charge in [-0.25, -0.2) is 0 Å². The van der Waals surface area contributed by atoms with Crippen molar-refractivity contribution in [2.45, 2.75) is 6.54 Å². The van der Waals surface area contributed by atoms with Crippen molar-refractivity contribution in [2.24, 2.45) is 0 Å². The minimum absolute atomic E-state index is 0.704. The molecule has 0 saturated heterocycles. The smallest absolute Gasteiger partial charge is 0.0487 e. The number of fused-ring (bicyclic) bond motifs is 7. The van der Waals surface area contributed by atoms with Crippen LogP contribution in [0.1, 0.15) is 5.56 Å². The predicted molar refractivity (Wildman–Crippen MR) is 245 cm³/mol. The predicted octanol–water partition coefficient (Wildman–Crippen LogP) is 15.9. The van der Waals surface area contributed by atoms with E-state index in [9.17, 15) is 0 Å². The molecule has 0 spiro atoms. The molecule has 0 saturated carbocycles. The largest absolute Gasteiger partial charge is 0.337 e. The van der Waals surface area contributed by atoms with Crippen molar-refractivity contribution in [3.8, 4) is 33.4 Å². The van der Waals surface area contributed by atoms with E-state index in [1.54, 1.807) is 0 Å². The Hall–Kier alpha value is -6.52. The van der Waals surface area contributed by atoms with Crippen LogP contribution in [0, 0.1) is 0 Å². The van der Waals surface area contributed by atoms with Gasteiger partial charge in [-0.05, 0) is 92.2 Å². The molecule has 0 unspecified atom stereocenters. The number of hydrogen-bond acceptors (Lipinski definition) is 3. The van der Waals surface area contributed by atoms with E-state index in [0.717, 1.165) is 11.4 Å². The third kappa shape index (κ3) is 5.67. The van der Waals surface area contributed by atoms with E-state index in [4.69, 9.17) is 0 Å². The van der Waals surface area contributed by atoms with Crippen molar-refractivity contribution < 1.29 is 0 Å². The number of benzene rings is 9. The molecule has 1 nitrogen and oxygen atoms in total. The van der Waals surface area contributed by atoms with E-state index in [0.29, 0.717) is 6.54 Å². The zero-order valence-electron chi connectivity index (χ0n) is 30.5. The van der Waals surface area contributed by atoms with E-state index in [1.807, 2.05) is 22.7 Å². The summed E-state index contributed by atoms with van der Waals surface area (Å²) in [5, 5.41) is 7.79. The van der Waals surface area contributed by atoms with Crippen molar-refractivity contribution in [3.05, 3.63) is 206 Å². The first-order valence-corrected chi connectivity index (χ1v) is 20.7. The average Bonchev–Trinajstić information content (AvgIpc) is 3.84. The van der Waals surface area contributed by atoms with E-state index >= 15 is 0 Å². The molecule has 0 aliphatic rings. The van der Waals surface area contributed by atoms with Crippen LogP contribution in [0.4, 0.5) is 11.4 Å². The van der Waals surface area contributed by atoms with E-state index in [1.165, 1.54) is 90.1 Å². The number of anilines is 2. The highest BCUT2D eigenvalue weighted by atomic mass is 32.1. The van der Waals surface area contributed by atoms with Gasteiger partial charge < -0.3 is 4.90 Å². The molecule has 2 aromatic heterocycles. The van der Waals surface area contributed by atoms with Crippen molar-refractivity contribution in [2.75, 3.05) is 4.90 Å². The summed E-state index contributed by atoms with van der Waals surface area (Å²) in [6.45, 7) is 0.704. The van der Waals surface area contributed by atoms with Crippen molar-refractivity contribution in [3.63, 3.8) is 0 Å². The van der Waals surface area contributed by atoms with Gasteiger partial charge in [0.25, 0.3) is 0 Å². The van der Waals surface area contributed by atoms with Gasteiger partial charge in [-0.3, -0.25) is 0 Å². The first kappa shape index (κ1) is 32.9. The Morgan fingerprint density at radius 2 is 0.857 bits per heavy atom. The monoisotopic (exact) mass is 749 g/mol. The summed E-state index contributed by atoms with van der Waals surface area (Å²) in [7, 11) is 0. The molecular formula is C53H35NS2. The minimum Gasteiger partial charge on any atom is -0.337 e. The summed E-state index contributed by atoms with van der Waals surface area (Å²) in [4.78, 5) is 2.50. The van der Waals surface area contributed by atoms with Gasteiger partial charge in [0.1, 0.15) is 0 Å². The van der Waals surface area contributed by atoms with Crippen LogP contribution in [-0.2, 0) is 6.54 Å². The summed E-state index contributed by atoms with van der Waals surface area (Å²) in [5.41, 5.74) is 11.1. The van der Waals surface area contributed by atoms with Crippen LogP contribution in [-0.4, -0.2) is 0 Å². The van der Waals surface area contributed by atoms with Gasteiger partial charge in [0.05, 0.1) is 0 Å². The lowest BCUT2D eigenvalue weighted by atomic mass is 9.96. The van der Waals surface area contributed by atoms with Crippen LogP contribution >= 0.6 is 22.7 Å². The first-order valence-electron chi connectivity index (χ1n) is 19.1. The molecule has 56 heavy (non-hydrogen) atoms. The molecule has 11 rings (SSSR count). The summed E-state index contributed by atoms with van der Waals surface area (Å²) in [5.74, 6) is 0. The van der Waals surface area contributed by atoms with E-state index < -0.39 is 0 Å². The van der Waals surface area contributed by atoms with Gasteiger partial charge in [0.2, 0.25) is 0 Å². The summed E-state index contributed by atoms with van der Waals surface area (Å²) >= 11 is 3.78. The molecule has 0 N–H and O–H groups in total. The lowest BCUT2D eigenvalue weighted by molar-refractivity contribution is 0.978.